The first-order chi connectivity index (χ1) is 16.6. The van der Waals surface area contributed by atoms with Gasteiger partial charge in [0.2, 0.25) is 0 Å². The van der Waals surface area contributed by atoms with Crippen LogP contribution in [0.1, 0.15) is 40.4 Å². The van der Waals surface area contributed by atoms with E-state index in [1.807, 2.05) is 36.5 Å². The number of carboxylic acids is 1. The average molecular weight is 458 g/mol. The molecule has 4 aromatic rings. The molecule has 1 fully saturated rings. The van der Waals surface area contributed by atoms with E-state index in [4.69, 9.17) is 4.74 Å². The van der Waals surface area contributed by atoms with E-state index in [-0.39, 0.29) is 23.5 Å². The minimum Gasteiger partial charge on any atom is -0.478 e. The Morgan fingerprint density at radius 1 is 1.00 bits per heavy atom. The fraction of sp³-hybridized carbons (Fsp3) is 0.222. The molecule has 0 spiro atoms. The van der Waals surface area contributed by atoms with Crippen LogP contribution in [0.25, 0.3) is 10.9 Å². The molecular formula is C27H24FN3O3. The molecule has 6 rings (SSSR count). The molecule has 7 heteroatoms. The molecule has 34 heavy (non-hydrogen) atoms. The van der Waals surface area contributed by atoms with Gasteiger partial charge < -0.3 is 14.8 Å². The molecule has 172 valence electrons. The van der Waals surface area contributed by atoms with Crippen molar-refractivity contribution in [2.75, 3.05) is 18.2 Å². The van der Waals surface area contributed by atoms with E-state index in [0.717, 1.165) is 46.2 Å². The van der Waals surface area contributed by atoms with E-state index in [0.29, 0.717) is 13.2 Å². The summed E-state index contributed by atoms with van der Waals surface area (Å²) in [5.41, 5.74) is 5.35. The van der Waals surface area contributed by atoms with Gasteiger partial charge in [-0.05, 0) is 73.0 Å². The summed E-state index contributed by atoms with van der Waals surface area (Å²) in [5, 5.41) is 15.1. The number of rotatable bonds is 4. The van der Waals surface area contributed by atoms with Crippen LogP contribution < -0.4 is 5.01 Å². The molecule has 1 aromatic heterocycles. The molecule has 2 aliphatic rings. The Labute approximate surface area is 196 Å². The molecule has 1 unspecified atom stereocenters. The number of carbonyl (C=O) groups is 1. The summed E-state index contributed by atoms with van der Waals surface area (Å²) in [6, 6.07) is 20.2. The lowest BCUT2D eigenvalue weighted by Crippen LogP contribution is -2.47. The van der Waals surface area contributed by atoms with Gasteiger partial charge in [-0.3, -0.25) is 5.01 Å². The third kappa shape index (κ3) is 3.45. The zero-order valence-corrected chi connectivity index (χ0v) is 18.4. The molecule has 3 heterocycles. The highest BCUT2D eigenvalue weighted by Gasteiger charge is 2.43. The van der Waals surface area contributed by atoms with Gasteiger partial charge in [-0.1, -0.05) is 12.1 Å². The molecule has 6 nitrogen and oxygen atoms in total. The summed E-state index contributed by atoms with van der Waals surface area (Å²) in [7, 11) is 0. The number of nitrogens with one attached hydrogen (secondary N) is 1. The van der Waals surface area contributed by atoms with Crippen molar-refractivity contribution in [1.82, 2.24) is 9.99 Å². The van der Waals surface area contributed by atoms with Gasteiger partial charge in [-0.15, -0.1) is 0 Å². The number of hydrogen-bond acceptors (Lipinski definition) is 4. The van der Waals surface area contributed by atoms with Crippen LogP contribution in [0.3, 0.4) is 0 Å². The number of H-pyrrole nitrogens is 1. The highest BCUT2D eigenvalue weighted by atomic mass is 19.1. The van der Waals surface area contributed by atoms with Crippen molar-refractivity contribution >= 4 is 28.2 Å². The predicted molar refractivity (Wildman–Crippen MR) is 128 cm³/mol. The summed E-state index contributed by atoms with van der Waals surface area (Å²) >= 11 is 0. The summed E-state index contributed by atoms with van der Waals surface area (Å²) in [5.74, 6) is -1.22. The van der Waals surface area contributed by atoms with Gasteiger partial charge in [-0.2, -0.15) is 0 Å². The van der Waals surface area contributed by atoms with Crippen LogP contribution in [0.4, 0.5) is 15.8 Å². The van der Waals surface area contributed by atoms with Gasteiger partial charge in [0, 0.05) is 41.9 Å². The number of aromatic amines is 1. The third-order valence-electron chi connectivity index (χ3n) is 6.83. The minimum absolute atomic E-state index is 0.126. The maximum atomic E-state index is 13.8. The van der Waals surface area contributed by atoms with Crippen LogP contribution in [-0.4, -0.2) is 40.3 Å². The van der Waals surface area contributed by atoms with Crippen molar-refractivity contribution in [1.29, 1.82) is 0 Å². The van der Waals surface area contributed by atoms with Crippen molar-refractivity contribution in [3.05, 3.63) is 95.4 Å². The third-order valence-corrected chi connectivity index (χ3v) is 6.83. The summed E-state index contributed by atoms with van der Waals surface area (Å²) in [4.78, 5) is 14.8. The highest BCUT2D eigenvalue weighted by Crippen LogP contribution is 2.50. The molecule has 1 saturated heterocycles. The average Bonchev–Trinajstić information content (AvgIpc) is 3.45. The Morgan fingerprint density at radius 3 is 2.44 bits per heavy atom. The summed E-state index contributed by atoms with van der Waals surface area (Å²) in [6.45, 7) is 1.36. The molecule has 0 radical (unpaired) electrons. The molecule has 3 aromatic carbocycles. The van der Waals surface area contributed by atoms with Gasteiger partial charge in [-0.25, -0.2) is 14.2 Å². The second-order valence-electron chi connectivity index (χ2n) is 8.82. The number of hydrazine groups is 1. The Balaban J connectivity index is 1.57. The first kappa shape index (κ1) is 20.9. The molecule has 0 aliphatic carbocycles. The van der Waals surface area contributed by atoms with E-state index in [1.54, 1.807) is 12.1 Å². The van der Waals surface area contributed by atoms with Gasteiger partial charge in [0.15, 0.2) is 0 Å². The van der Waals surface area contributed by atoms with Gasteiger partial charge in [0.05, 0.1) is 23.0 Å². The van der Waals surface area contributed by atoms with Crippen molar-refractivity contribution in [3.63, 3.8) is 0 Å². The number of aromatic carboxylic acids is 1. The summed E-state index contributed by atoms with van der Waals surface area (Å²) < 4.78 is 19.5. The van der Waals surface area contributed by atoms with Crippen LogP contribution >= 0.6 is 0 Å². The van der Waals surface area contributed by atoms with Crippen molar-refractivity contribution in [2.45, 2.75) is 24.9 Å². The largest absolute Gasteiger partial charge is 0.478 e. The van der Waals surface area contributed by atoms with E-state index in [9.17, 15) is 14.3 Å². The second kappa shape index (κ2) is 8.27. The Morgan fingerprint density at radius 2 is 1.74 bits per heavy atom. The van der Waals surface area contributed by atoms with E-state index < -0.39 is 5.97 Å². The fourth-order valence-corrected chi connectivity index (χ4v) is 5.21. The lowest BCUT2D eigenvalue weighted by atomic mass is 9.95. The Hall–Kier alpha value is -3.68. The van der Waals surface area contributed by atoms with Crippen LogP contribution in [0.2, 0.25) is 0 Å². The number of fused-ring (bicyclic) bond motifs is 2. The first-order valence-electron chi connectivity index (χ1n) is 11.5. The van der Waals surface area contributed by atoms with Crippen molar-refractivity contribution in [2.24, 2.45) is 0 Å². The van der Waals surface area contributed by atoms with Crippen LogP contribution in [-0.2, 0) is 4.74 Å². The zero-order valence-electron chi connectivity index (χ0n) is 18.4. The molecule has 0 saturated carbocycles. The first-order valence-corrected chi connectivity index (χ1v) is 11.5. The smallest absolute Gasteiger partial charge is 0.335 e. The maximum Gasteiger partial charge on any atom is 0.335 e. The molecule has 2 aliphatic heterocycles. The number of halogens is 1. The molecule has 1 atom stereocenters. The quantitative estimate of drug-likeness (QED) is 0.415. The number of nitrogens with zero attached hydrogens (tertiary/aromatic N) is 2. The van der Waals surface area contributed by atoms with Crippen molar-refractivity contribution in [3.8, 4) is 0 Å². The van der Waals surface area contributed by atoms with E-state index in [1.165, 1.54) is 12.1 Å². The number of hydrogen-bond donors (Lipinski definition) is 2. The highest BCUT2D eigenvalue weighted by molar-refractivity contribution is 5.89. The van der Waals surface area contributed by atoms with Crippen molar-refractivity contribution < 1.29 is 19.0 Å². The second-order valence-corrected chi connectivity index (χ2v) is 8.82. The fourth-order valence-electron chi connectivity index (χ4n) is 5.21. The van der Waals surface area contributed by atoms with Gasteiger partial charge in [0.25, 0.3) is 0 Å². The standard InChI is InChI=1S/C27H24FN3O3/c28-20-5-7-21(8-6-20)30-25-15-19-9-12-29-24(19)16-23(25)26(31(30)22-10-13-34-14-11-22)17-1-3-18(4-2-17)27(32)33/h1-9,12,15-16,22,26,29H,10-11,13-14H2,(H,32,33). The molecule has 0 amide bonds. The lowest BCUT2D eigenvalue weighted by Gasteiger charge is -2.41. The number of aromatic nitrogens is 1. The van der Waals surface area contributed by atoms with Gasteiger partial charge >= 0.3 is 5.97 Å². The maximum absolute atomic E-state index is 13.8. The Kier molecular flexibility index (Phi) is 5.08. The van der Waals surface area contributed by atoms with E-state index in [2.05, 4.69) is 27.1 Å². The van der Waals surface area contributed by atoms with Crippen LogP contribution in [0.15, 0.2) is 72.9 Å². The predicted octanol–water partition coefficient (Wildman–Crippen LogP) is 5.64. The zero-order chi connectivity index (χ0) is 23.2. The number of benzene rings is 3. The number of carboxylic acid groups (broad SMARTS) is 1. The molecular weight excluding hydrogens is 433 g/mol. The van der Waals surface area contributed by atoms with Gasteiger partial charge in [0.1, 0.15) is 5.82 Å². The number of ether oxygens (including phenoxy) is 1. The molecule has 0 bridgehead atoms. The summed E-state index contributed by atoms with van der Waals surface area (Å²) in [6.07, 6.45) is 3.66. The van der Waals surface area contributed by atoms with Crippen LogP contribution in [0.5, 0.6) is 0 Å². The monoisotopic (exact) mass is 457 g/mol. The normalized spacial score (nSPS) is 19.0. The lowest BCUT2D eigenvalue weighted by molar-refractivity contribution is 0.0273. The van der Waals surface area contributed by atoms with E-state index >= 15 is 0 Å². The Bertz CT molecular complexity index is 1340. The molecule has 2 N–H and O–H groups in total. The topological polar surface area (TPSA) is 68.8 Å². The SMILES string of the molecule is O=C(O)c1ccc(C2c3cc4[nH]ccc4cc3N(c3ccc(F)cc3)N2C2CCOCC2)cc1. The van der Waals surface area contributed by atoms with Crippen LogP contribution in [0, 0.1) is 5.82 Å². The number of anilines is 2. The minimum atomic E-state index is -0.944.